The topological polar surface area (TPSA) is 24.5 Å². The fourth-order valence-electron chi connectivity index (χ4n) is 2.18. The van der Waals surface area contributed by atoms with Gasteiger partial charge in [-0.05, 0) is 38.1 Å². The lowest BCUT2D eigenvalue weighted by atomic mass is 10.2. The second-order valence-corrected chi connectivity index (χ2v) is 5.14. The van der Waals surface area contributed by atoms with Gasteiger partial charge >= 0.3 is 0 Å². The van der Waals surface area contributed by atoms with E-state index in [4.69, 9.17) is 4.74 Å². The van der Waals surface area contributed by atoms with E-state index in [0.717, 1.165) is 44.9 Å². The predicted octanol–water partition coefficient (Wildman–Crippen LogP) is 3.08. The van der Waals surface area contributed by atoms with E-state index in [1.165, 1.54) is 5.56 Å². The van der Waals surface area contributed by atoms with Gasteiger partial charge in [-0.1, -0.05) is 39.0 Å². The summed E-state index contributed by atoms with van der Waals surface area (Å²) >= 11 is 0. The summed E-state index contributed by atoms with van der Waals surface area (Å²) in [7, 11) is 0. The zero-order valence-electron chi connectivity index (χ0n) is 13.5. The van der Waals surface area contributed by atoms with Gasteiger partial charge in [0.1, 0.15) is 11.9 Å². The fourth-order valence-corrected chi connectivity index (χ4v) is 2.18. The molecule has 1 N–H and O–H groups in total. The summed E-state index contributed by atoms with van der Waals surface area (Å²) in [5.74, 6) is 1.00. The van der Waals surface area contributed by atoms with Gasteiger partial charge in [-0.25, -0.2) is 0 Å². The Balaban J connectivity index is 2.31. The van der Waals surface area contributed by atoms with E-state index in [1.54, 1.807) is 0 Å². The van der Waals surface area contributed by atoms with Crippen molar-refractivity contribution in [2.45, 2.75) is 40.2 Å². The van der Waals surface area contributed by atoms with Crippen LogP contribution in [0.2, 0.25) is 0 Å². The third-order valence-corrected chi connectivity index (χ3v) is 3.71. The predicted molar refractivity (Wildman–Crippen MR) is 86.5 cm³/mol. The Hall–Kier alpha value is -1.06. The van der Waals surface area contributed by atoms with Crippen molar-refractivity contribution in [1.29, 1.82) is 0 Å². The highest BCUT2D eigenvalue weighted by Gasteiger charge is 2.09. The maximum atomic E-state index is 6.08. The molecule has 0 amide bonds. The SMILES string of the molecule is CCC(CNCCN(CC)CC)Oc1ccccc1C. The molecule has 0 aliphatic carbocycles. The molecule has 0 fully saturated rings. The molecule has 0 saturated carbocycles. The Morgan fingerprint density at radius 3 is 2.45 bits per heavy atom. The summed E-state index contributed by atoms with van der Waals surface area (Å²) in [6.45, 7) is 14.0. The average molecular weight is 278 g/mol. The highest BCUT2D eigenvalue weighted by molar-refractivity contribution is 5.31. The molecular weight excluding hydrogens is 248 g/mol. The van der Waals surface area contributed by atoms with Crippen molar-refractivity contribution in [1.82, 2.24) is 10.2 Å². The third-order valence-electron chi connectivity index (χ3n) is 3.71. The maximum Gasteiger partial charge on any atom is 0.122 e. The number of rotatable bonds is 10. The zero-order chi connectivity index (χ0) is 14.8. The van der Waals surface area contributed by atoms with Crippen molar-refractivity contribution in [3.8, 4) is 5.75 Å². The van der Waals surface area contributed by atoms with Crippen LogP contribution in [0.1, 0.15) is 32.8 Å². The van der Waals surface area contributed by atoms with E-state index in [9.17, 15) is 0 Å². The minimum absolute atomic E-state index is 0.243. The first-order valence-corrected chi connectivity index (χ1v) is 7.86. The molecule has 0 radical (unpaired) electrons. The number of aryl methyl sites for hydroxylation is 1. The first kappa shape index (κ1) is 17.0. The molecule has 20 heavy (non-hydrogen) atoms. The molecule has 114 valence electrons. The van der Waals surface area contributed by atoms with Gasteiger partial charge in [-0.3, -0.25) is 0 Å². The average Bonchev–Trinajstić information content (AvgIpc) is 2.48. The minimum Gasteiger partial charge on any atom is -0.489 e. The van der Waals surface area contributed by atoms with Gasteiger partial charge in [-0.15, -0.1) is 0 Å². The van der Waals surface area contributed by atoms with Crippen LogP contribution in [-0.4, -0.2) is 43.7 Å². The zero-order valence-corrected chi connectivity index (χ0v) is 13.5. The number of para-hydroxylation sites is 1. The quantitative estimate of drug-likeness (QED) is 0.666. The second-order valence-electron chi connectivity index (χ2n) is 5.14. The van der Waals surface area contributed by atoms with Crippen molar-refractivity contribution in [3.05, 3.63) is 29.8 Å². The van der Waals surface area contributed by atoms with Gasteiger partial charge in [0.15, 0.2) is 0 Å². The van der Waals surface area contributed by atoms with E-state index in [0.29, 0.717) is 0 Å². The van der Waals surface area contributed by atoms with Gasteiger partial charge in [0.05, 0.1) is 0 Å². The van der Waals surface area contributed by atoms with Crippen LogP contribution in [0.4, 0.5) is 0 Å². The summed E-state index contributed by atoms with van der Waals surface area (Å²) in [4.78, 5) is 2.43. The number of hydrogen-bond acceptors (Lipinski definition) is 3. The highest BCUT2D eigenvalue weighted by Crippen LogP contribution is 2.18. The van der Waals surface area contributed by atoms with Crippen LogP contribution in [0.3, 0.4) is 0 Å². The van der Waals surface area contributed by atoms with Crippen LogP contribution in [0, 0.1) is 6.92 Å². The molecule has 0 aliphatic heterocycles. The van der Waals surface area contributed by atoms with E-state index in [-0.39, 0.29) is 6.10 Å². The molecule has 0 aromatic heterocycles. The van der Waals surface area contributed by atoms with Crippen LogP contribution in [0.25, 0.3) is 0 Å². The molecule has 0 saturated heterocycles. The molecule has 1 atom stereocenters. The summed E-state index contributed by atoms with van der Waals surface area (Å²) in [6.07, 6.45) is 1.26. The molecule has 3 heteroatoms. The molecule has 1 aromatic carbocycles. The van der Waals surface area contributed by atoms with Gasteiger partial charge < -0.3 is 15.0 Å². The van der Waals surface area contributed by atoms with Crippen LogP contribution < -0.4 is 10.1 Å². The number of nitrogens with zero attached hydrogens (tertiary/aromatic N) is 1. The molecule has 1 aromatic rings. The van der Waals surface area contributed by atoms with Gasteiger partial charge in [0, 0.05) is 19.6 Å². The van der Waals surface area contributed by atoms with E-state index in [2.05, 4.69) is 44.0 Å². The van der Waals surface area contributed by atoms with E-state index >= 15 is 0 Å². The van der Waals surface area contributed by atoms with Crippen LogP contribution >= 0.6 is 0 Å². The van der Waals surface area contributed by atoms with E-state index in [1.807, 2.05) is 18.2 Å². The lowest BCUT2D eigenvalue weighted by Crippen LogP contribution is -2.37. The van der Waals surface area contributed by atoms with Crippen molar-refractivity contribution in [2.75, 3.05) is 32.7 Å². The van der Waals surface area contributed by atoms with Crippen molar-refractivity contribution >= 4 is 0 Å². The van der Waals surface area contributed by atoms with Crippen molar-refractivity contribution in [3.63, 3.8) is 0 Å². The van der Waals surface area contributed by atoms with Gasteiger partial charge in [0.25, 0.3) is 0 Å². The Labute approximate surface area is 124 Å². The van der Waals surface area contributed by atoms with Gasteiger partial charge in [0.2, 0.25) is 0 Å². The molecule has 0 heterocycles. The molecular formula is C17H30N2O. The standard InChI is InChI=1S/C17H30N2O/c1-5-16(14-18-12-13-19(6-2)7-3)20-17-11-9-8-10-15(17)4/h8-11,16,18H,5-7,12-14H2,1-4H3. The van der Waals surface area contributed by atoms with Crippen LogP contribution in [0.5, 0.6) is 5.75 Å². The highest BCUT2D eigenvalue weighted by atomic mass is 16.5. The first-order chi connectivity index (χ1) is 9.71. The largest absolute Gasteiger partial charge is 0.489 e. The molecule has 0 spiro atoms. The summed E-state index contributed by atoms with van der Waals surface area (Å²) in [5.41, 5.74) is 1.20. The lowest BCUT2D eigenvalue weighted by molar-refractivity contribution is 0.189. The number of ether oxygens (including phenoxy) is 1. The Bertz CT molecular complexity index is 364. The Kier molecular flexibility index (Phi) is 8.31. The molecule has 0 aliphatic rings. The molecule has 1 unspecified atom stereocenters. The second kappa shape index (κ2) is 9.78. The third kappa shape index (κ3) is 5.93. The van der Waals surface area contributed by atoms with Crippen LogP contribution in [-0.2, 0) is 0 Å². The number of hydrogen-bond donors (Lipinski definition) is 1. The molecule has 1 rings (SSSR count). The van der Waals surface area contributed by atoms with Crippen LogP contribution in [0.15, 0.2) is 24.3 Å². The van der Waals surface area contributed by atoms with Crippen molar-refractivity contribution in [2.24, 2.45) is 0 Å². The smallest absolute Gasteiger partial charge is 0.122 e. The Morgan fingerprint density at radius 2 is 1.85 bits per heavy atom. The maximum absolute atomic E-state index is 6.08. The number of nitrogens with one attached hydrogen (secondary N) is 1. The molecule has 0 bridgehead atoms. The summed E-state index contributed by atoms with van der Waals surface area (Å²) in [5, 5.41) is 3.51. The lowest BCUT2D eigenvalue weighted by Gasteiger charge is -2.21. The minimum atomic E-state index is 0.243. The van der Waals surface area contributed by atoms with Crippen molar-refractivity contribution < 1.29 is 4.74 Å². The fraction of sp³-hybridized carbons (Fsp3) is 0.647. The molecule has 3 nitrogen and oxygen atoms in total. The Morgan fingerprint density at radius 1 is 1.15 bits per heavy atom. The normalized spacial score (nSPS) is 12.7. The summed E-state index contributed by atoms with van der Waals surface area (Å²) < 4.78 is 6.08. The first-order valence-electron chi connectivity index (χ1n) is 7.86. The monoisotopic (exact) mass is 278 g/mol. The number of likely N-dealkylation sites (N-methyl/N-ethyl adjacent to an activating group) is 1. The van der Waals surface area contributed by atoms with Gasteiger partial charge in [-0.2, -0.15) is 0 Å². The van der Waals surface area contributed by atoms with E-state index < -0.39 is 0 Å². The number of benzene rings is 1. The summed E-state index contributed by atoms with van der Waals surface area (Å²) in [6, 6.07) is 8.22.